The van der Waals surface area contributed by atoms with E-state index in [1.807, 2.05) is 0 Å². The Balaban J connectivity index is 2.29. The Hall–Kier alpha value is -2.11. The van der Waals surface area contributed by atoms with Crippen molar-refractivity contribution < 1.29 is 0 Å². The number of nitrogens with zero attached hydrogens (tertiary/aromatic N) is 1. The molecule has 0 aliphatic carbocycles. The Morgan fingerprint density at radius 3 is 1.46 bits per heavy atom. The quantitative estimate of drug-likeness (QED) is 0.607. The van der Waals surface area contributed by atoms with E-state index in [9.17, 15) is 0 Å². The van der Waals surface area contributed by atoms with Crippen LogP contribution >= 0.6 is 7.92 Å². The van der Waals surface area contributed by atoms with Gasteiger partial charge in [-0.25, -0.2) is 0 Å². The van der Waals surface area contributed by atoms with Crippen molar-refractivity contribution in [2.24, 2.45) is 0 Å². The Morgan fingerprint density at radius 2 is 1.04 bits per heavy atom. The van der Waals surface area contributed by atoms with Crippen LogP contribution < -0.4 is 20.8 Å². The first-order valence-corrected chi connectivity index (χ1v) is 10.4. The summed E-state index contributed by atoms with van der Waals surface area (Å²) in [5, 5.41) is 4.27. The van der Waals surface area contributed by atoms with Crippen LogP contribution in [0.4, 0.5) is 5.69 Å². The second-order valence-corrected chi connectivity index (χ2v) is 9.60. The molecule has 0 saturated heterocycles. The summed E-state index contributed by atoms with van der Waals surface area (Å²) >= 11 is 0. The smallest absolute Gasteiger partial charge is 0.0445 e. The van der Waals surface area contributed by atoms with Crippen molar-refractivity contribution >= 4 is 29.5 Å². The molecule has 1 nitrogen and oxygen atoms in total. The Morgan fingerprint density at radius 1 is 0.615 bits per heavy atom. The normalized spacial score (nSPS) is 11.0. The van der Waals surface area contributed by atoms with Gasteiger partial charge in [-0.3, -0.25) is 0 Å². The van der Waals surface area contributed by atoms with Crippen LogP contribution in [-0.4, -0.2) is 14.1 Å². The van der Waals surface area contributed by atoms with E-state index in [0.29, 0.717) is 0 Å². The third kappa shape index (κ3) is 4.00. The predicted octanol–water partition coefficient (Wildman–Crippen LogP) is 4.74. The van der Waals surface area contributed by atoms with E-state index in [1.54, 1.807) is 0 Å². The summed E-state index contributed by atoms with van der Waals surface area (Å²) in [7, 11) is 3.66. The number of aryl methyl sites for hydroxylation is 4. The summed E-state index contributed by atoms with van der Waals surface area (Å²) in [5.41, 5.74) is 6.63. The molecule has 0 aliphatic heterocycles. The molecule has 0 N–H and O–H groups in total. The minimum absolute atomic E-state index is 0.606. The van der Waals surface area contributed by atoms with Crippen LogP contribution in [0.1, 0.15) is 22.3 Å². The van der Waals surface area contributed by atoms with Gasteiger partial charge in [-0.05, 0) is 52.3 Å². The van der Waals surface area contributed by atoms with Gasteiger partial charge in [-0.2, -0.15) is 0 Å². The fourth-order valence-electron chi connectivity index (χ4n) is 3.62. The van der Waals surface area contributed by atoms with Crippen molar-refractivity contribution in [1.29, 1.82) is 0 Å². The van der Waals surface area contributed by atoms with Crippen molar-refractivity contribution in [3.8, 4) is 0 Å². The molecule has 0 aliphatic rings. The van der Waals surface area contributed by atoms with E-state index in [4.69, 9.17) is 0 Å². The molecule has 3 aromatic rings. The van der Waals surface area contributed by atoms with E-state index in [0.717, 1.165) is 0 Å². The largest absolute Gasteiger partial charge is 0.377 e. The van der Waals surface area contributed by atoms with Gasteiger partial charge >= 0.3 is 0 Å². The van der Waals surface area contributed by atoms with E-state index in [2.05, 4.69) is 107 Å². The lowest BCUT2D eigenvalue weighted by molar-refractivity contribution is 1.14. The van der Waals surface area contributed by atoms with Crippen molar-refractivity contribution in [2.75, 3.05) is 19.0 Å². The van der Waals surface area contributed by atoms with Crippen molar-refractivity contribution in [3.05, 3.63) is 82.9 Å². The number of anilines is 1. The van der Waals surface area contributed by atoms with Crippen LogP contribution in [0.3, 0.4) is 0 Å². The first kappa shape index (κ1) is 18.7. The van der Waals surface area contributed by atoms with E-state index < -0.39 is 7.92 Å². The molecule has 0 radical (unpaired) electrons. The van der Waals surface area contributed by atoms with Crippen LogP contribution in [0, 0.1) is 27.7 Å². The van der Waals surface area contributed by atoms with Gasteiger partial charge in [0.15, 0.2) is 0 Å². The van der Waals surface area contributed by atoms with Crippen molar-refractivity contribution in [2.45, 2.75) is 27.7 Å². The number of para-hydroxylation sites is 1. The molecule has 134 valence electrons. The van der Waals surface area contributed by atoms with Crippen LogP contribution in [0.15, 0.2) is 60.7 Å². The second-order valence-electron chi connectivity index (χ2n) is 7.41. The first-order valence-electron chi connectivity index (χ1n) is 9.08. The van der Waals surface area contributed by atoms with Gasteiger partial charge in [0, 0.05) is 25.1 Å². The SMILES string of the molecule is Cc1cc(C)cc(P(c2cc(C)cc(C)c2)c2ccccc2N(C)C)c1. The van der Waals surface area contributed by atoms with Gasteiger partial charge in [0.2, 0.25) is 0 Å². The van der Waals surface area contributed by atoms with Gasteiger partial charge in [-0.1, -0.05) is 76.9 Å². The molecule has 0 amide bonds. The number of rotatable bonds is 4. The molecular weight excluding hydrogens is 333 g/mol. The van der Waals surface area contributed by atoms with Gasteiger partial charge in [-0.15, -0.1) is 0 Å². The molecule has 3 rings (SSSR count). The molecule has 0 aromatic heterocycles. The fraction of sp³-hybridized carbons (Fsp3) is 0.250. The lowest BCUT2D eigenvalue weighted by Gasteiger charge is -2.26. The van der Waals surface area contributed by atoms with Crippen LogP contribution in [-0.2, 0) is 0 Å². The third-order valence-electron chi connectivity index (χ3n) is 4.53. The van der Waals surface area contributed by atoms with Crippen molar-refractivity contribution in [1.82, 2.24) is 0 Å². The van der Waals surface area contributed by atoms with Gasteiger partial charge in [0.05, 0.1) is 0 Å². The first-order chi connectivity index (χ1) is 12.3. The third-order valence-corrected chi connectivity index (χ3v) is 6.94. The van der Waals surface area contributed by atoms with Crippen LogP contribution in [0.2, 0.25) is 0 Å². The summed E-state index contributed by atoms with van der Waals surface area (Å²) in [6.07, 6.45) is 0. The molecule has 0 saturated carbocycles. The topological polar surface area (TPSA) is 3.24 Å². The Labute approximate surface area is 159 Å². The van der Waals surface area contributed by atoms with E-state index in [-0.39, 0.29) is 0 Å². The minimum Gasteiger partial charge on any atom is -0.377 e. The molecule has 0 bridgehead atoms. The number of hydrogen-bond acceptors (Lipinski definition) is 1. The fourth-order valence-corrected chi connectivity index (χ4v) is 6.54. The molecule has 3 aromatic carbocycles. The molecule has 26 heavy (non-hydrogen) atoms. The molecule has 0 unspecified atom stereocenters. The standard InChI is InChI=1S/C24H28NP/c1-17-11-18(2)14-21(13-17)26(22-15-19(3)12-20(4)16-22)24-10-8-7-9-23(24)25(5)6/h7-16H,1-6H3. The van der Waals surface area contributed by atoms with Gasteiger partial charge in [0.25, 0.3) is 0 Å². The van der Waals surface area contributed by atoms with Crippen LogP contribution in [0.25, 0.3) is 0 Å². The van der Waals surface area contributed by atoms with Gasteiger partial charge < -0.3 is 4.90 Å². The highest BCUT2D eigenvalue weighted by molar-refractivity contribution is 7.80. The zero-order chi connectivity index (χ0) is 18.8. The lowest BCUT2D eigenvalue weighted by atomic mass is 10.2. The number of hydrogen-bond donors (Lipinski definition) is 0. The summed E-state index contributed by atoms with van der Waals surface area (Å²) in [6, 6.07) is 22.8. The summed E-state index contributed by atoms with van der Waals surface area (Å²) < 4.78 is 0. The molecular formula is C24H28NP. The Bertz CT molecular complexity index is 835. The van der Waals surface area contributed by atoms with Gasteiger partial charge in [0.1, 0.15) is 0 Å². The highest BCUT2D eigenvalue weighted by Crippen LogP contribution is 2.37. The molecule has 0 heterocycles. The van der Waals surface area contributed by atoms with E-state index in [1.165, 1.54) is 43.9 Å². The summed E-state index contributed by atoms with van der Waals surface area (Å²) in [5.74, 6) is 0. The molecule has 0 spiro atoms. The maximum atomic E-state index is 2.36. The monoisotopic (exact) mass is 361 g/mol. The summed E-state index contributed by atoms with van der Waals surface area (Å²) in [6.45, 7) is 8.79. The molecule has 2 heteroatoms. The second kappa shape index (κ2) is 7.64. The van der Waals surface area contributed by atoms with Crippen molar-refractivity contribution in [3.63, 3.8) is 0 Å². The molecule has 0 fully saturated rings. The average Bonchev–Trinajstić information content (AvgIpc) is 2.53. The lowest BCUT2D eigenvalue weighted by Crippen LogP contribution is -2.26. The highest BCUT2D eigenvalue weighted by Gasteiger charge is 2.21. The summed E-state index contributed by atoms with van der Waals surface area (Å²) in [4.78, 5) is 2.23. The highest BCUT2D eigenvalue weighted by atomic mass is 31.1. The molecule has 0 atom stereocenters. The minimum atomic E-state index is -0.606. The number of benzene rings is 3. The zero-order valence-corrected chi connectivity index (χ0v) is 17.6. The predicted molar refractivity (Wildman–Crippen MR) is 118 cm³/mol. The Kier molecular flexibility index (Phi) is 5.49. The van der Waals surface area contributed by atoms with E-state index >= 15 is 0 Å². The van der Waals surface area contributed by atoms with Crippen LogP contribution in [0.5, 0.6) is 0 Å². The zero-order valence-electron chi connectivity index (χ0n) is 16.7. The maximum Gasteiger partial charge on any atom is 0.0445 e. The average molecular weight is 361 g/mol. The maximum absolute atomic E-state index is 2.36.